The van der Waals surface area contributed by atoms with Crippen molar-refractivity contribution in [3.8, 4) is 0 Å². The molecule has 18 heavy (non-hydrogen) atoms. The molecule has 0 spiro atoms. The fourth-order valence-electron chi connectivity index (χ4n) is 2.31. The van der Waals surface area contributed by atoms with E-state index in [4.69, 9.17) is 0 Å². The van der Waals surface area contributed by atoms with E-state index in [2.05, 4.69) is 59.7 Å². The molecule has 0 saturated carbocycles. The van der Waals surface area contributed by atoms with E-state index in [-0.39, 0.29) is 16.9 Å². The standard InChI is InChI=1S/C16H23NO/c1-15(2,3)12-8-7-11-10-17(16(4,5)6)14(18)13(11)9-12/h7-9H,10H2,1-6H3. The van der Waals surface area contributed by atoms with Gasteiger partial charge < -0.3 is 4.90 Å². The lowest BCUT2D eigenvalue weighted by atomic mass is 9.85. The van der Waals surface area contributed by atoms with Crippen LogP contribution in [0.1, 0.15) is 63.0 Å². The van der Waals surface area contributed by atoms with Crippen LogP contribution in [0.25, 0.3) is 0 Å². The average molecular weight is 245 g/mol. The Morgan fingerprint density at radius 2 is 1.67 bits per heavy atom. The van der Waals surface area contributed by atoms with Crippen LogP contribution >= 0.6 is 0 Å². The first-order valence-corrected chi connectivity index (χ1v) is 6.56. The highest BCUT2D eigenvalue weighted by molar-refractivity contribution is 5.99. The molecule has 1 aromatic rings. The SMILES string of the molecule is CC(C)(C)c1ccc2c(c1)C(=O)N(C(C)(C)C)C2. The van der Waals surface area contributed by atoms with Crippen LogP contribution in [0.3, 0.4) is 0 Å². The lowest BCUT2D eigenvalue weighted by Gasteiger charge is -2.31. The molecule has 98 valence electrons. The summed E-state index contributed by atoms with van der Waals surface area (Å²) in [6.45, 7) is 13.5. The van der Waals surface area contributed by atoms with Crippen molar-refractivity contribution in [1.29, 1.82) is 0 Å². The second-order valence-electron chi connectivity index (χ2n) is 7.18. The van der Waals surface area contributed by atoms with Gasteiger partial charge >= 0.3 is 0 Å². The molecule has 2 rings (SSSR count). The number of amides is 1. The fourth-order valence-corrected chi connectivity index (χ4v) is 2.31. The molecule has 0 fully saturated rings. The second kappa shape index (κ2) is 3.84. The van der Waals surface area contributed by atoms with Crippen LogP contribution < -0.4 is 0 Å². The third-order valence-electron chi connectivity index (χ3n) is 3.59. The van der Waals surface area contributed by atoms with Crippen LogP contribution in [0.5, 0.6) is 0 Å². The minimum atomic E-state index is -0.113. The van der Waals surface area contributed by atoms with E-state index in [0.717, 1.165) is 17.7 Å². The first-order chi connectivity index (χ1) is 8.10. The number of hydrogen-bond acceptors (Lipinski definition) is 1. The molecule has 2 heteroatoms. The van der Waals surface area contributed by atoms with Crippen LogP contribution in [0.15, 0.2) is 18.2 Å². The van der Waals surface area contributed by atoms with E-state index in [1.54, 1.807) is 0 Å². The maximum absolute atomic E-state index is 12.4. The highest BCUT2D eigenvalue weighted by atomic mass is 16.2. The Bertz CT molecular complexity index is 489. The van der Waals surface area contributed by atoms with Gasteiger partial charge in [-0.25, -0.2) is 0 Å². The van der Waals surface area contributed by atoms with E-state index in [1.165, 1.54) is 5.56 Å². The van der Waals surface area contributed by atoms with Crippen molar-refractivity contribution in [2.24, 2.45) is 0 Å². The third-order valence-corrected chi connectivity index (χ3v) is 3.59. The molecular weight excluding hydrogens is 222 g/mol. The Hall–Kier alpha value is -1.31. The molecule has 0 bridgehead atoms. The van der Waals surface area contributed by atoms with Crippen molar-refractivity contribution in [2.75, 3.05) is 0 Å². The molecule has 0 N–H and O–H groups in total. The monoisotopic (exact) mass is 245 g/mol. The predicted octanol–water partition coefficient (Wildman–Crippen LogP) is 3.74. The van der Waals surface area contributed by atoms with Crippen molar-refractivity contribution in [2.45, 2.75) is 59.0 Å². The van der Waals surface area contributed by atoms with Gasteiger partial charge in [0.05, 0.1) is 0 Å². The van der Waals surface area contributed by atoms with E-state index < -0.39 is 0 Å². The second-order valence-corrected chi connectivity index (χ2v) is 7.18. The summed E-state index contributed by atoms with van der Waals surface area (Å²) in [5.74, 6) is 0.170. The van der Waals surface area contributed by atoms with Crippen molar-refractivity contribution < 1.29 is 4.79 Å². The van der Waals surface area contributed by atoms with Crippen LogP contribution in [0.4, 0.5) is 0 Å². The van der Waals surface area contributed by atoms with E-state index >= 15 is 0 Å². The van der Waals surface area contributed by atoms with Crippen molar-refractivity contribution in [3.05, 3.63) is 34.9 Å². The van der Waals surface area contributed by atoms with E-state index in [1.807, 2.05) is 4.90 Å². The van der Waals surface area contributed by atoms with Gasteiger partial charge in [-0.3, -0.25) is 4.79 Å². The number of benzene rings is 1. The third kappa shape index (κ3) is 2.16. The molecule has 0 saturated heterocycles. The van der Waals surface area contributed by atoms with Gasteiger partial charge in [0.1, 0.15) is 0 Å². The molecule has 2 nitrogen and oxygen atoms in total. The zero-order valence-corrected chi connectivity index (χ0v) is 12.3. The minimum absolute atomic E-state index is 0.0878. The number of rotatable bonds is 0. The van der Waals surface area contributed by atoms with E-state index in [0.29, 0.717) is 0 Å². The lowest BCUT2D eigenvalue weighted by molar-refractivity contribution is 0.0609. The Labute approximate surface area is 110 Å². The number of carbonyl (C=O) groups excluding carboxylic acids is 1. The molecule has 0 aliphatic carbocycles. The first kappa shape index (κ1) is 13.1. The van der Waals surface area contributed by atoms with Gasteiger partial charge in [-0.1, -0.05) is 32.9 Å². The minimum Gasteiger partial charge on any atom is -0.329 e. The summed E-state index contributed by atoms with van der Waals surface area (Å²) in [7, 11) is 0. The first-order valence-electron chi connectivity index (χ1n) is 6.56. The molecule has 1 aromatic carbocycles. The van der Waals surface area contributed by atoms with Crippen LogP contribution in [0.2, 0.25) is 0 Å². The van der Waals surface area contributed by atoms with Gasteiger partial charge in [0.25, 0.3) is 5.91 Å². The van der Waals surface area contributed by atoms with Gasteiger partial charge in [-0.05, 0) is 43.4 Å². The quantitative estimate of drug-likeness (QED) is 0.682. The van der Waals surface area contributed by atoms with Gasteiger partial charge in [-0.2, -0.15) is 0 Å². The summed E-state index contributed by atoms with van der Waals surface area (Å²) in [6, 6.07) is 6.33. The van der Waals surface area contributed by atoms with Crippen LogP contribution in [0, 0.1) is 0 Å². The maximum Gasteiger partial charge on any atom is 0.254 e. The summed E-state index contributed by atoms with van der Waals surface area (Å²) < 4.78 is 0. The summed E-state index contributed by atoms with van der Waals surface area (Å²) in [5, 5.41) is 0. The Kier molecular flexibility index (Phi) is 2.80. The Morgan fingerprint density at radius 3 is 2.17 bits per heavy atom. The lowest BCUT2D eigenvalue weighted by Crippen LogP contribution is -2.41. The zero-order chi connectivity index (χ0) is 13.7. The Morgan fingerprint density at radius 1 is 1.06 bits per heavy atom. The largest absolute Gasteiger partial charge is 0.329 e. The smallest absolute Gasteiger partial charge is 0.254 e. The topological polar surface area (TPSA) is 20.3 Å². The highest BCUT2D eigenvalue weighted by Gasteiger charge is 2.35. The van der Waals surface area contributed by atoms with Crippen LogP contribution in [-0.4, -0.2) is 16.3 Å². The summed E-state index contributed by atoms with van der Waals surface area (Å²) in [4.78, 5) is 14.4. The van der Waals surface area contributed by atoms with Gasteiger partial charge in [-0.15, -0.1) is 0 Å². The number of hydrogen-bond donors (Lipinski definition) is 0. The normalized spacial score (nSPS) is 16.1. The van der Waals surface area contributed by atoms with Gasteiger partial charge in [0.2, 0.25) is 0 Å². The van der Waals surface area contributed by atoms with Gasteiger partial charge in [0, 0.05) is 17.6 Å². The van der Waals surface area contributed by atoms with E-state index in [9.17, 15) is 4.79 Å². The zero-order valence-electron chi connectivity index (χ0n) is 12.3. The average Bonchev–Trinajstić information content (AvgIpc) is 2.54. The Balaban J connectivity index is 2.43. The van der Waals surface area contributed by atoms with Crippen molar-refractivity contribution in [1.82, 2.24) is 4.90 Å². The molecule has 0 atom stereocenters. The molecule has 0 unspecified atom stereocenters. The van der Waals surface area contributed by atoms with Gasteiger partial charge in [0.15, 0.2) is 0 Å². The number of carbonyl (C=O) groups is 1. The molecule has 0 aromatic heterocycles. The fraction of sp³-hybridized carbons (Fsp3) is 0.562. The molecule has 1 amide bonds. The number of fused-ring (bicyclic) bond motifs is 1. The predicted molar refractivity (Wildman–Crippen MR) is 74.8 cm³/mol. The van der Waals surface area contributed by atoms with Crippen molar-refractivity contribution >= 4 is 5.91 Å². The maximum atomic E-state index is 12.4. The summed E-state index contributed by atoms with van der Waals surface area (Å²) in [5.41, 5.74) is 3.24. The highest BCUT2D eigenvalue weighted by Crippen LogP contribution is 2.32. The molecule has 1 aliphatic rings. The summed E-state index contributed by atoms with van der Waals surface area (Å²) in [6.07, 6.45) is 0. The molecule has 1 heterocycles. The van der Waals surface area contributed by atoms with Crippen molar-refractivity contribution in [3.63, 3.8) is 0 Å². The van der Waals surface area contributed by atoms with Crippen LogP contribution in [-0.2, 0) is 12.0 Å². The summed E-state index contributed by atoms with van der Waals surface area (Å²) >= 11 is 0. The molecule has 0 radical (unpaired) electrons. The molecule has 1 aliphatic heterocycles. The number of nitrogens with zero attached hydrogens (tertiary/aromatic N) is 1. The molecular formula is C16H23NO.